The molecule has 3 atom stereocenters. The Hall–Kier alpha value is -1.37. The largest absolute Gasteiger partial charge is 0.383 e. The summed E-state index contributed by atoms with van der Waals surface area (Å²) in [7, 11) is 1.72. The summed E-state index contributed by atoms with van der Waals surface area (Å²) < 4.78 is 5.29. The Morgan fingerprint density at radius 1 is 1.39 bits per heavy atom. The van der Waals surface area contributed by atoms with Gasteiger partial charge in [0.05, 0.1) is 24.6 Å². The maximum atomic E-state index is 9.13. The molecule has 2 rings (SSSR count). The summed E-state index contributed by atoms with van der Waals surface area (Å²) in [6.45, 7) is 0.638. The lowest BCUT2D eigenvalue weighted by Gasteiger charge is -2.24. The molecule has 1 saturated carbocycles. The number of nitriles is 1. The predicted molar refractivity (Wildman–Crippen MR) is 70.9 cm³/mol. The van der Waals surface area contributed by atoms with Gasteiger partial charge in [0.15, 0.2) is 0 Å². The van der Waals surface area contributed by atoms with Crippen molar-refractivity contribution in [1.29, 1.82) is 5.26 Å². The van der Waals surface area contributed by atoms with Crippen molar-refractivity contribution in [3.63, 3.8) is 0 Å². The van der Waals surface area contributed by atoms with Gasteiger partial charge >= 0.3 is 0 Å². The van der Waals surface area contributed by atoms with E-state index in [4.69, 9.17) is 10.00 Å². The molecule has 3 unspecified atom stereocenters. The van der Waals surface area contributed by atoms with Crippen molar-refractivity contribution >= 4 is 0 Å². The number of rotatable bonds is 5. The van der Waals surface area contributed by atoms with Crippen LogP contribution in [0.3, 0.4) is 0 Å². The number of methoxy groups -OCH3 is 1. The summed E-state index contributed by atoms with van der Waals surface area (Å²) in [5.41, 5.74) is 1.22. The van der Waals surface area contributed by atoms with Gasteiger partial charge < -0.3 is 10.1 Å². The molecule has 0 amide bonds. The SMILES string of the molecule is COCC(NC1CCCC1C#N)c1ccccc1. The maximum absolute atomic E-state index is 9.13. The molecule has 1 aromatic carbocycles. The summed E-state index contributed by atoms with van der Waals surface area (Å²) in [4.78, 5) is 0. The van der Waals surface area contributed by atoms with E-state index in [-0.39, 0.29) is 12.0 Å². The fourth-order valence-corrected chi connectivity index (χ4v) is 2.67. The predicted octanol–water partition coefficient (Wildman–Crippen LogP) is 2.66. The number of benzene rings is 1. The first-order valence-corrected chi connectivity index (χ1v) is 6.54. The molecule has 18 heavy (non-hydrogen) atoms. The first-order chi connectivity index (χ1) is 8.85. The van der Waals surface area contributed by atoms with E-state index in [1.807, 2.05) is 18.2 Å². The van der Waals surface area contributed by atoms with E-state index >= 15 is 0 Å². The van der Waals surface area contributed by atoms with Crippen LogP contribution in [0, 0.1) is 17.2 Å². The van der Waals surface area contributed by atoms with E-state index in [0.29, 0.717) is 12.6 Å². The first-order valence-electron chi connectivity index (χ1n) is 6.54. The van der Waals surface area contributed by atoms with Gasteiger partial charge in [-0.1, -0.05) is 36.8 Å². The number of nitrogens with zero attached hydrogens (tertiary/aromatic N) is 1. The zero-order valence-electron chi connectivity index (χ0n) is 10.8. The summed E-state index contributed by atoms with van der Waals surface area (Å²) in [5, 5.41) is 12.7. The average molecular weight is 244 g/mol. The molecule has 1 aliphatic rings. The van der Waals surface area contributed by atoms with Crippen LogP contribution < -0.4 is 5.32 Å². The van der Waals surface area contributed by atoms with Crippen molar-refractivity contribution in [2.45, 2.75) is 31.3 Å². The molecule has 1 fully saturated rings. The minimum atomic E-state index is 0.146. The molecule has 96 valence electrons. The zero-order valence-corrected chi connectivity index (χ0v) is 10.8. The van der Waals surface area contributed by atoms with Crippen LogP contribution in [0.4, 0.5) is 0 Å². The second-order valence-electron chi connectivity index (χ2n) is 4.86. The highest BCUT2D eigenvalue weighted by molar-refractivity contribution is 5.19. The molecular formula is C15H20N2O. The topological polar surface area (TPSA) is 45.0 Å². The third-order valence-electron chi connectivity index (χ3n) is 3.63. The molecule has 0 saturated heterocycles. The van der Waals surface area contributed by atoms with Gasteiger partial charge in [0.25, 0.3) is 0 Å². The Kier molecular flexibility index (Phi) is 4.74. The number of ether oxygens (including phenoxy) is 1. The van der Waals surface area contributed by atoms with Crippen LogP contribution in [-0.2, 0) is 4.74 Å². The minimum Gasteiger partial charge on any atom is -0.383 e. The molecule has 0 aliphatic heterocycles. The van der Waals surface area contributed by atoms with E-state index in [2.05, 4.69) is 23.5 Å². The third kappa shape index (κ3) is 3.10. The lowest BCUT2D eigenvalue weighted by Crippen LogP contribution is -2.37. The minimum absolute atomic E-state index is 0.146. The standard InChI is InChI=1S/C15H20N2O/c1-18-11-15(12-6-3-2-4-7-12)17-14-9-5-8-13(14)10-16/h2-4,6-7,13-15,17H,5,8-9,11H2,1H3. The molecule has 1 aromatic rings. The van der Waals surface area contributed by atoms with E-state index < -0.39 is 0 Å². The fourth-order valence-electron chi connectivity index (χ4n) is 2.67. The number of hydrogen-bond acceptors (Lipinski definition) is 3. The van der Waals surface area contributed by atoms with Gasteiger partial charge in [-0.05, 0) is 18.4 Å². The summed E-state index contributed by atoms with van der Waals surface area (Å²) in [6, 6.07) is 13.2. The Labute approximate surface area is 109 Å². The smallest absolute Gasteiger partial charge is 0.0672 e. The highest BCUT2D eigenvalue weighted by Gasteiger charge is 2.29. The van der Waals surface area contributed by atoms with Gasteiger partial charge in [-0.3, -0.25) is 0 Å². The van der Waals surface area contributed by atoms with Crippen LogP contribution in [0.25, 0.3) is 0 Å². The van der Waals surface area contributed by atoms with E-state index in [0.717, 1.165) is 19.3 Å². The van der Waals surface area contributed by atoms with Crippen molar-refractivity contribution in [2.75, 3.05) is 13.7 Å². The van der Waals surface area contributed by atoms with Gasteiger partial charge in [0, 0.05) is 13.2 Å². The molecular weight excluding hydrogens is 224 g/mol. The fraction of sp³-hybridized carbons (Fsp3) is 0.533. The molecule has 0 bridgehead atoms. The van der Waals surface area contributed by atoms with Crippen LogP contribution in [0.2, 0.25) is 0 Å². The van der Waals surface area contributed by atoms with Crippen molar-refractivity contribution in [2.24, 2.45) is 5.92 Å². The summed E-state index contributed by atoms with van der Waals surface area (Å²) >= 11 is 0. The van der Waals surface area contributed by atoms with Crippen LogP contribution in [0.1, 0.15) is 30.9 Å². The molecule has 0 spiro atoms. The molecule has 1 N–H and O–H groups in total. The van der Waals surface area contributed by atoms with Crippen LogP contribution in [0.15, 0.2) is 30.3 Å². The van der Waals surface area contributed by atoms with Gasteiger partial charge in [0.1, 0.15) is 0 Å². The van der Waals surface area contributed by atoms with Gasteiger partial charge in [0.2, 0.25) is 0 Å². The Bertz CT molecular complexity index is 399. The van der Waals surface area contributed by atoms with Crippen LogP contribution >= 0.6 is 0 Å². The monoisotopic (exact) mass is 244 g/mol. The molecule has 3 heteroatoms. The zero-order chi connectivity index (χ0) is 12.8. The van der Waals surface area contributed by atoms with Gasteiger partial charge in [-0.2, -0.15) is 5.26 Å². The first kappa shape index (κ1) is 13.1. The summed E-state index contributed by atoms with van der Waals surface area (Å²) in [6.07, 6.45) is 3.25. The van der Waals surface area contributed by atoms with E-state index in [1.54, 1.807) is 7.11 Å². The number of nitrogens with one attached hydrogen (secondary N) is 1. The molecule has 1 aliphatic carbocycles. The third-order valence-corrected chi connectivity index (χ3v) is 3.63. The van der Waals surface area contributed by atoms with Crippen molar-refractivity contribution in [3.05, 3.63) is 35.9 Å². The molecule has 0 radical (unpaired) electrons. The molecule has 3 nitrogen and oxygen atoms in total. The molecule has 0 aromatic heterocycles. The van der Waals surface area contributed by atoms with Crippen molar-refractivity contribution in [3.8, 4) is 6.07 Å². The lowest BCUT2D eigenvalue weighted by atomic mass is 10.0. The lowest BCUT2D eigenvalue weighted by molar-refractivity contribution is 0.159. The normalized spacial score (nSPS) is 24.7. The Morgan fingerprint density at radius 3 is 2.83 bits per heavy atom. The highest BCUT2D eigenvalue weighted by Crippen LogP contribution is 2.27. The second kappa shape index (κ2) is 6.53. The van der Waals surface area contributed by atoms with E-state index in [1.165, 1.54) is 5.56 Å². The van der Waals surface area contributed by atoms with Crippen molar-refractivity contribution in [1.82, 2.24) is 5.32 Å². The summed E-state index contributed by atoms with van der Waals surface area (Å²) in [5.74, 6) is 0.146. The molecule has 0 heterocycles. The second-order valence-corrected chi connectivity index (χ2v) is 4.86. The van der Waals surface area contributed by atoms with Crippen molar-refractivity contribution < 1.29 is 4.74 Å². The van der Waals surface area contributed by atoms with E-state index in [9.17, 15) is 0 Å². The maximum Gasteiger partial charge on any atom is 0.0672 e. The Balaban J connectivity index is 2.05. The quantitative estimate of drug-likeness (QED) is 0.866. The number of hydrogen-bond donors (Lipinski definition) is 1. The van der Waals surface area contributed by atoms with Crippen LogP contribution in [-0.4, -0.2) is 19.8 Å². The van der Waals surface area contributed by atoms with Crippen LogP contribution in [0.5, 0.6) is 0 Å². The van der Waals surface area contributed by atoms with Gasteiger partial charge in [-0.15, -0.1) is 0 Å². The van der Waals surface area contributed by atoms with Gasteiger partial charge in [-0.25, -0.2) is 0 Å². The average Bonchev–Trinajstić information content (AvgIpc) is 2.86. The Morgan fingerprint density at radius 2 is 2.17 bits per heavy atom. The highest BCUT2D eigenvalue weighted by atomic mass is 16.5.